The van der Waals surface area contributed by atoms with Gasteiger partial charge in [0.25, 0.3) is 0 Å². The summed E-state index contributed by atoms with van der Waals surface area (Å²) in [6, 6.07) is -0.0452. The van der Waals surface area contributed by atoms with E-state index in [4.69, 9.17) is 5.73 Å². The summed E-state index contributed by atoms with van der Waals surface area (Å²) in [4.78, 5) is 4.06. The van der Waals surface area contributed by atoms with Crippen LogP contribution in [-0.4, -0.2) is 14.8 Å². The molecule has 0 aliphatic heterocycles. The highest BCUT2D eigenvalue weighted by Crippen LogP contribution is 2.13. The van der Waals surface area contributed by atoms with Crippen LogP contribution in [0.1, 0.15) is 25.7 Å². The van der Waals surface area contributed by atoms with Crippen LogP contribution >= 0.6 is 0 Å². The molecule has 1 rings (SSSR count). The first kappa shape index (κ1) is 8.20. The first-order valence-corrected chi connectivity index (χ1v) is 3.72. The van der Waals surface area contributed by atoms with Crippen molar-refractivity contribution in [2.75, 3.05) is 0 Å². The van der Waals surface area contributed by atoms with Gasteiger partial charge in [-0.1, -0.05) is 13.8 Å². The number of aromatic nitrogens is 3. The van der Waals surface area contributed by atoms with Crippen molar-refractivity contribution in [2.45, 2.75) is 19.9 Å². The fraction of sp³-hybridized carbons (Fsp3) is 0.714. The van der Waals surface area contributed by atoms with Gasteiger partial charge >= 0.3 is 0 Å². The summed E-state index contributed by atoms with van der Waals surface area (Å²) in [5.41, 5.74) is 5.81. The van der Waals surface area contributed by atoms with Crippen molar-refractivity contribution in [3.05, 3.63) is 12.2 Å². The predicted molar refractivity (Wildman–Crippen MR) is 42.8 cm³/mol. The number of nitrogens with zero attached hydrogens (tertiary/aromatic N) is 3. The summed E-state index contributed by atoms with van der Waals surface area (Å²) in [5, 5.41) is 4.11. The summed E-state index contributed by atoms with van der Waals surface area (Å²) >= 11 is 0. The molecule has 1 aromatic rings. The Morgan fingerprint density at radius 2 is 2.18 bits per heavy atom. The maximum atomic E-state index is 5.81. The van der Waals surface area contributed by atoms with E-state index in [1.54, 1.807) is 11.0 Å². The van der Waals surface area contributed by atoms with Crippen molar-refractivity contribution in [3.63, 3.8) is 0 Å². The molecular weight excluding hydrogens is 140 g/mol. The highest BCUT2D eigenvalue weighted by Gasteiger charge is 2.13. The first-order valence-electron chi connectivity index (χ1n) is 3.72. The van der Waals surface area contributed by atoms with Crippen molar-refractivity contribution in [3.8, 4) is 0 Å². The van der Waals surface area contributed by atoms with E-state index in [9.17, 15) is 0 Å². The predicted octanol–water partition coefficient (Wildman–Crippen LogP) is 0.471. The van der Waals surface area contributed by atoms with Crippen LogP contribution in [0.2, 0.25) is 0 Å². The van der Waals surface area contributed by atoms with Crippen LogP contribution in [0.25, 0.3) is 0 Å². The Morgan fingerprint density at radius 3 is 2.55 bits per heavy atom. The Morgan fingerprint density at radius 1 is 1.55 bits per heavy atom. The van der Waals surface area contributed by atoms with E-state index >= 15 is 0 Å². The highest BCUT2D eigenvalue weighted by atomic mass is 15.3. The van der Waals surface area contributed by atoms with Crippen LogP contribution < -0.4 is 5.73 Å². The van der Waals surface area contributed by atoms with Gasteiger partial charge in [-0.05, 0) is 5.92 Å². The molecule has 0 fully saturated rings. The van der Waals surface area contributed by atoms with E-state index in [0.29, 0.717) is 5.92 Å². The lowest BCUT2D eigenvalue weighted by molar-refractivity contribution is 0.487. The molecule has 0 saturated carbocycles. The van der Waals surface area contributed by atoms with Gasteiger partial charge in [-0.3, -0.25) is 4.68 Å². The Labute approximate surface area is 66.4 Å². The smallest absolute Gasteiger partial charge is 0.167 e. The zero-order valence-electron chi connectivity index (χ0n) is 7.15. The minimum atomic E-state index is -0.0452. The second kappa shape index (κ2) is 3.00. The van der Waals surface area contributed by atoms with Gasteiger partial charge < -0.3 is 5.73 Å². The quantitative estimate of drug-likeness (QED) is 0.673. The number of rotatable bonds is 2. The zero-order chi connectivity index (χ0) is 8.43. The van der Waals surface area contributed by atoms with Gasteiger partial charge in [-0.2, -0.15) is 5.10 Å². The fourth-order valence-electron chi connectivity index (χ4n) is 0.807. The molecule has 1 atom stereocenters. The fourth-order valence-corrected chi connectivity index (χ4v) is 0.807. The summed E-state index contributed by atoms with van der Waals surface area (Å²) in [7, 11) is 1.84. The molecule has 1 heterocycles. The van der Waals surface area contributed by atoms with E-state index in [0.717, 1.165) is 5.82 Å². The third kappa shape index (κ3) is 1.77. The van der Waals surface area contributed by atoms with E-state index < -0.39 is 0 Å². The second-order valence-corrected chi connectivity index (χ2v) is 3.05. The molecule has 0 radical (unpaired) electrons. The molecule has 0 aliphatic rings. The lowest BCUT2D eigenvalue weighted by atomic mass is 10.1. The lowest BCUT2D eigenvalue weighted by Crippen LogP contribution is -2.18. The first-order chi connectivity index (χ1) is 5.11. The molecule has 0 unspecified atom stereocenters. The SMILES string of the molecule is CC(C)[C@@H](N)c1ncn(C)n1. The molecule has 62 valence electrons. The monoisotopic (exact) mass is 154 g/mol. The van der Waals surface area contributed by atoms with Gasteiger partial charge in [0.1, 0.15) is 6.33 Å². The number of nitrogens with two attached hydrogens (primary N) is 1. The van der Waals surface area contributed by atoms with E-state index in [-0.39, 0.29) is 6.04 Å². The van der Waals surface area contributed by atoms with Gasteiger partial charge in [-0.15, -0.1) is 0 Å². The van der Waals surface area contributed by atoms with Crippen molar-refractivity contribution in [1.82, 2.24) is 14.8 Å². The maximum Gasteiger partial charge on any atom is 0.167 e. The number of hydrogen-bond acceptors (Lipinski definition) is 3. The van der Waals surface area contributed by atoms with Crippen LogP contribution in [0.3, 0.4) is 0 Å². The van der Waals surface area contributed by atoms with Crippen molar-refractivity contribution >= 4 is 0 Å². The lowest BCUT2D eigenvalue weighted by Gasteiger charge is -2.10. The van der Waals surface area contributed by atoms with E-state index in [1.165, 1.54) is 0 Å². The van der Waals surface area contributed by atoms with Crippen LogP contribution in [-0.2, 0) is 7.05 Å². The van der Waals surface area contributed by atoms with Crippen LogP contribution in [0.4, 0.5) is 0 Å². The molecule has 0 saturated heterocycles. The average Bonchev–Trinajstić information content (AvgIpc) is 2.34. The minimum Gasteiger partial charge on any atom is -0.321 e. The molecule has 0 aliphatic carbocycles. The molecule has 11 heavy (non-hydrogen) atoms. The molecule has 1 aromatic heterocycles. The van der Waals surface area contributed by atoms with Crippen molar-refractivity contribution < 1.29 is 0 Å². The van der Waals surface area contributed by atoms with Gasteiger partial charge in [0, 0.05) is 7.05 Å². The number of hydrogen-bond donors (Lipinski definition) is 1. The molecule has 0 bridgehead atoms. The Balaban J connectivity index is 2.76. The third-order valence-electron chi connectivity index (χ3n) is 1.63. The normalized spacial score (nSPS) is 13.9. The molecular formula is C7H14N4. The molecule has 4 heteroatoms. The summed E-state index contributed by atoms with van der Waals surface area (Å²) in [6.45, 7) is 4.11. The van der Waals surface area contributed by atoms with Crippen LogP contribution in [0, 0.1) is 5.92 Å². The van der Waals surface area contributed by atoms with Crippen LogP contribution in [0.15, 0.2) is 6.33 Å². The van der Waals surface area contributed by atoms with Gasteiger partial charge in [-0.25, -0.2) is 4.98 Å². The number of aryl methyl sites for hydroxylation is 1. The third-order valence-corrected chi connectivity index (χ3v) is 1.63. The van der Waals surface area contributed by atoms with E-state index in [1.807, 2.05) is 7.05 Å². The Hall–Kier alpha value is -0.900. The average molecular weight is 154 g/mol. The second-order valence-electron chi connectivity index (χ2n) is 3.05. The largest absolute Gasteiger partial charge is 0.321 e. The molecule has 0 aromatic carbocycles. The highest BCUT2D eigenvalue weighted by molar-refractivity contribution is 4.91. The van der Waals surface area contributed by atoms with Gasteiger partial charge in [0.05, 0.1) is 6.04 Å². The van der Waals surface area contributed by atoms with Crippen LogP contribution in [0.5, 0.6) is 0 Å². The summed E-state index contributed by atoms with van der Waals surface area (Å²) in [5.74, 6) is 1.11. The summed E-state index contributed by atoms with van der Waals surface area (Å²) < 4.78 is 1.66. The molecule has 0 amide bonds. The topological polar surface area (TPSA) is 56.7 Å². The van der Waals surface area contributed by atoms with Gasteiger partial charge in [0.15, 0.2) is 5.82 Å². The zero-order valence-corrected chi connectivity index (χ0v) is 7.15. The van der Waals surface area contributed by atoms with Crippen molar-refractivity contribution in [1.29, 1.82) is 0 Å². The van der Waals surface area contributed by atoms with Crippen molar-refractivity contribution in [2.24, 2.45) is 18.7 Å². The minimum absolute atomic E-state index is 0.0452. The Bertz CT molecular complexity index is 228. The standard InChI is InChI=1S/C7H14N4/c1-5(2)6(8)7-9-4-11(3)10-7/h4-6H,8H2,1-3H3/t6-/m1/s1. The maximum absolute atomic E-state index is 5.81. The van der Waals surface area contributed by atoms with E-state index in [2.05, 4.69) is 23.9 Å². The molecule has 0 spiro atoms. The molecule has 4 nitrogen and oxygen atoms in total. The van der Waals surface area contributed by atoms with Gasteiger partial charge in [0.2, 0.25) is 0 Å². The Kier molecular flexibility index (Phi) is 2.24. The molecule has 2 N–H and O–H groups in total. The summed E-state index contributed by atoms with van der Waals surface area (Å²) in [6.07, 6.45) is 1.66.